The fourth-order valence-corrected chi connectivity index (χ4v) is 1.60. The van der Waals surface area contributed by atoms with Crippen molar-refractivity contribution in [2.45, 2.75) is 13.2 Å². The molecule has 1 N–H and O–H groups in total. The smallest absolute Gasteiger partial charge is 0.129 e. The van der Waals surface area contributed by atoms with Crippen LogP contribution in [-0.2, 0) is 13.2 Å². The molecule has 0 bridgehead atoms. The van der Waals surface area contributed by atoms with Gasteiger partial charge in [-0.15, -0.1) is 0 Å². The normalized spacial score (nSPS) is 10.4. The van der Waals surface area contributed by atoms with E-state index in [1.807, 2.05) is 31.3 Å². The van der Waals surface area contributed by atoms with E-state index in [0.717, 1.165) is 11.4 Å². The summed E-state index contributed by atoms with van der Waals surface area (Å²) in [5.74, 6) is 1.46. The predicted molar refractivity (Wildman–Crippen MR) is 63.2 cm³/mol. The van der Waals surface area contributed by atoms with Gasteiger partial charge >= 0.3 is 0 Å². The summed E-state index contributed by atoms with van der Waals surface area (Å²) < 4.78 is 5.43. The lowest BCUT2D eigenvalue weighted by molar-refractivity contribution is 0.243. The molecule has 0 amide bonds. The monoisotopic (exact) mass is 217 g/mol. The predicted octanol–water partition coefficient (Wildman–Crippen LogP) is 2.41. The Labute approximate surface area is 94.9 Å². The molecule has 0 radical (unpaired) electrons. The Balaban J connectivity index is 2.05. The van der Waals surface area contributed by atoms with Crippen LogP contribution >= 0.6 is 0 Å². The number of anilines is 1. The zero-order valence-corrected chi connectivity index (χ0v) is 9.26. The number of aliphatic hydroxyl groups excluding tert-OH is 1. The Morgan fingerprint density at radius 2 is 1.75 bits per heavy atom. The topological polar surface area (TPSA) is 36.6 Å². The summed E-state index contributed by atoms with van der Waals surface area (Å²) in [5.41, 5.74) is 1.14. The fourth-order valence-electron chi connectivity index (χ4n) is 1.60. The van der Waals surface area contributed by atoms with Gasteiger partial charge in [0.05, 0.1) is 6.54 Å². The van der Waals surface area contributed by atoms with E-state index in [9.17, 15) is 0 Å². The summed E-state index contributed by atoms with van der Waals surface area (Å²) in [6.07, 6.45) is 0. The van der Waals surface area contributed by atoms with E-state index < -0.39 is 0 Å². The Hall–Kier alpha value is -1.74. The third kappa shape index (κ3) is 2.44. The van der Waals surface area contributed by atoms with Crippen molar-refractivity contribution in [3.8, 4) is 0 Å². The van der Waals surface area contributed by atoms with Crippen LogP contribution in [0.15, 0.2) is 46.9 Å². The zero-order chi connectivity index (χ0) is 11.4. The van der Waals surface area contributed by atoms with Crippen molar-refractivity contribution in [1.29, 1.82) is 0 Å². The average Bonchev–Trinajstić information content (AvgIpc) is 2.78. The highest BCUT2D eigenvalue weighted by atomic mass is 16.4. The van der Waals surface area contributed by atoms with E-state index in [1.54, 1.807) is 6.07 Å². The maximum Gasteiger partial charge on any atom is 0.129 e. The molecule has 1 heterocycles. The van der Waals surface area contributed by atoms with Gasteiger partial charge in [0, 0.05) is 12.7 Å². The molecule has 0 unspecified atom stereocenters. The van der Waals surface area contributed by atoms with Crippen LogP contribution in [0.1, 0.15) is 11.5 Å². The van der Waals surface area contributed by atoms with Gasteiger partial charge in [-0.3, -0.25) is 0 Å². The van der Waals surface area contributed by atoms with E-state index in [2.05, 4.69) is 17.0 Å². The number of para-hydroxylation sites is 1. The van der Waals surface area contributed by atoms with Crippen molar-refractivity contribution in [3.05, 3.63) is 54.0 Å². The summed E-state index contributed by atoms with van der Waals surface area (Å²) in [7, 11) is 2.01. The molecular weight excluding hydrogens is 202 g/mol. The number of furan rings is 1. The van der Waals surface area contributed by atoms with Crippen molar-refractivity contribution in [3.63, 3.8) is 0 Å². The Morgan fingerprint density at radius 3 is 2.38 bits per heavy atom. The number of hydrogen-bond donors (Lipinski definition) is 1. The standard InChI is InChI=1S/C13H15NO2/c1-14(11-5-3-2-4-6-11)9-12-7-8-13(10-15)16-12/h2-8,15H,9-10H2,1H3. The first-order valence-electron chi connectivity index (χ1n) is 5.24. The van der Waals surface area contributed by atoms with Crippen molar-refractivity contribution in [2.75, 3.05) is 11.9 Å². The van der Waals surface area contributed by atoms with Gasteiger partial charge in [-0.1, -0.05) is 18.2 Å². The molecular formula is C13H15NO2. The lowest BCUT2D eigenvalue weighted by Crippen LogP contribution is -2.15. The van der Waals surface area contributed by atoms with Crippen LogP contribution in [-0.4, -0.2) is 12.2 Å². The number of aliphatic hydroxyl groups is 1. The van der Waals surface area contributed by atoms with Crippen molar-refractivity contribution in [1.82, 2.24) is 0 Å². The first-order valence-corrected chi connectivity index (χ1v) is 5.24. The second-order valence-electron chi connectivity index (χ2n) is 3.72. The highest BCUT2D eigenvalue weighted by Crippen LogP contribution is 2.16. The molecule has 0 aliphatic carbocycles. The highest BCUT2D eigenvalue weighted by Gasteiger charge is 2.05. The van der Waals surface area contributed by atoms with Crippen LogP contribution in [0.25, 0.3) is 0 Å². The fraction of sp³-hybridized carbons (Fsp3) is 0.231. The summed E-state index contributed by atoms with van der Waals surface area (Å²) in [4.78, 5) is 2.10. The molecule has 84 valence electrons. The molecule has 0 saturated heterocycles. The summed E-state index contributed by atoms with van der Waals surface area (Å²) in [6.45, 7) is 0.652. The Morgan fingerprint density at radius 1 is 1.06 bits per heavy atom. The van der Waals surface area contributed by atoms with Gasteiger partial charge in [-0.2, -0.15) is 0 Å². The molecule has 0 fully saturated rings. The quantitative estimate of drug-likeness (QED) is 0.854. The molecule has 16 heavy (non-hydrogen) atoms. The summed E-state index contributed by atoms with van der Waals surface area (Å²) >= 11 is 0. The average molecular weight is 217 g/mol. The third-order valence-corrected chi connectivity index (χ3v) is 2.46. The largest absolute Gasteiger partial charge is 0.462 e. The van der Waals surface area contributed by atoms with Crippen molar-refractivity contribution in [2.24, 2.45) is 0 Å². The Kier molecular flexibility index (Phi) is 3.27. The minimum absolute atomic E-state index is 0.0466. The molecule has 0 aliphatic rings. The zero-order valence-electron chi connectivity index (χ0n) is 9.26. The van der Waals surface area contributed by atoms with Crippen LogP contribution in [0, 0.1) is 0 Å². The molecule has 0 spiro atoms. The van der Waals surface area contributed by atoms with Gasteiger partial charge in [0.1, 0.15) is 18.1 Å². The van der Waals surface area contributed by atoms with Crippen LogP contribution in [0.3, 0.4) is 0 Å². The number of nitrogens with zero attached hydrogens (tertiary/aromatic N) is 1. The first-order chi connectivity index (χ1) is 7.79. The molecule has 0 aliphatic heterocycles. The summed E-state index contributed by atoms with van der Waals surface area (Å²) in [6, 6.07) is 13.8. The minimum atomic E-state index is -0.0466. The lowest BCUT2D eigenvalue weighted by Gasteiger charge is -2.17. The van der Waals surface area contributed by atoms with E-state index in [0.29, 0.717) is 12.3 Å². The molecule has 0 atom stereocenters. The van der Waals surface area contributed by atoms with Crippen LogP contribution in [0.5, 0.6) is 0 Å². The molecule has 3 heteroatoms. The van der Waals surface area contributed by atoms with Gasteiger partial charge in [-0.05, 0) is 24.3 Å². The van der Waals surface area contributed by atoms with Crippen LogP contribution in [0.4, 0.5) is 5.69 Å². The highest BCUT2D eigenvalue weighted by molar-refractivity contribution is 5.45. The first kappa shape index (κ1) is 10.8. The van der Waals surface area contributed by atoms with Crippen molar-refractivity contribution >= 4 is 5.69 Å². The van der Waals surface area contributed by atoms with Gasteiger partial charge in [0.25, 0.3) is 0 Å². The minimum Gasteiger partial charge on any atom is -0.462 e. The third-order valence-electron chi connectivity index (χ3n) is 2.46. The van der Waals surface area contributed by atoms with Crippen LogP contribution < -0.4 is 4.90 Å². The molecule has 1 aromatic heterocycles. The molecule has 2 rings (SSSR count). The lowest BCUT2D eigenvalue weighted by atomic mass is 10.3. The second-order valence-corrected chi connectivity index (χ2v) is 3.72. The van der Waals surface area contributed by atoms with Gasteiger partial charge < -0.3 is 14.4 Å². The molecule has 1 aromatic carbocycles. The van der Waals surface area contributed by atoms with E-state index in [1.165, 1.54) is 0 Å². The number of benzene rings is 1. The van der Waals surface area contributed by atoms with Gasteiger partial charge in [0.15, 0.2) is 0 Å². The van der Waals surface area contributed by atoms with Gasteiger partial charge in [0.2, 0.25) is 0 Å². The Bertz CT molecular complexity index is 436. The summed E-state index contributed by atoms with van der Waals surface area (Å²) in [5, 5.41) is 8.89. The maximum absolute atomic E-state index is 8.89. The van der Waals surface area contributed by atoms with Crippen molar-refractivity contribution < 1.29 is 9.52 Å². The maximum atomic E-state index is 8.89. The molecule has 2 aromatic rings. The van der Waals surface area contributed by atoms with E-state index in [4.69, 9.17) is 9.52 Å². The van der Waals surface area contributed by atoms with Gasteiger partial charge in [-0.25, -0.2) is 0 Å². The molecule has 3 nitrogen and oxygen atoms in total. The van der Waals surface area contributed by atoms with E-state index in [-0.39, 0.29) is 6.61 Å². The number of hydrogen-bond acceptors (Lipinski definition) is 3. The van der Waals surface area contributed by atoms with Crippen LogP contribution in [0.2, 0.25) is 0 Å². The SMILES string of the molecule is CN(Cc1ccc(CO)o1)c1ccccc1. The van der Waals surface area contributed by atoms with E-state index >= 15 is 0 Å². The second kappa shape index (κ2) is 4.86. The number of rotatable bonds is 4. The molecule has 0 saturated carbocycles.